The van der Waals surface area contributed by atoms with Crippen molar-refractivity contribution in [3.05, 3.63) is 30.2 Å². The van der Waals surface area contributed by atoms with Crippen molar-refractivity contribution in [2.75, 3.05) is 0 Å². The molecule has 1 aromatic heterocycles. The Bertz CT molecular complexity index is 395. The number of rotatable bonds is 2. The predicted octanol–water partition coefficient (Wildman–Crippen LogP) is 2.04. The van der Waals surface area contributed by atoms with E-state index >= 15 is 0 Å². The van der Waals surface area contributed by atoms with Gasteiger partial charge in [0.2, 0.25) is 0 Å². The summed E-state index contributed by atoms with van der Waals surface area (Å²) in [5.41, 5.74) is 2.24. The highest BCUT2D eigenvalue weighted by atomic mass is 14.9. The molecule has 71 valence electrons. The van der Waals surface area contributed by atoms with Crippen molar-refractivity contribution in [2.24, 2.45) is 0 Å². The number of aromatic nitrogens is 2. The highest BCUT2D eigenvalue weighted by Crippen LogP contribution is 2.38. The zero-order chi connectivity index (χ0) is 9.97. The van der Waals surface area contributed by atoms with Crippen molar-refractivity contribution in [1.29, 1.82) is 0 Å². The van der Waals surface area contributed by atoms with Crippen molar-refractivity contribution in [2.45, 2.75) is 32.1 Å². The second-order valence-electron chi connectivity index (χ2n) is 3.66. The molecule has 14 heavy (non-hydrogen) atoms. The molecule has 1 aromatic rings. The van der Waals surface area contributed by atoms with Gasteiger partial charge in [-0.15, -0.1) is 5.92 Å². The highest BCUT2D eigenvalue weighted by Gasteiger charge is 2.25. The summed E-state index contributed by atoms with van der Waals surface area (Å²) in [6, 6.07) is 2.08. The summed E-state index contributed by atoms with van der Waals surface area (Å²) < 4.78 is 0. The first-order chi connectivity index (χ1) is 6.79. The fourth-order valence-corrected chi connectivity index (χ4v) is 1.47. The van der Waals surface area contributed by atoms with Gasteiger partial charge in [0.1, 0.15) is 5.82 Å². The minimum atomic E-state index is 0.616. The third-order valence-corrected chi connectivity index (χ3v) is 2.29. The van der Waals surface area contributed by atoms with E-state index in [1.54, 1.807) is 0 Å². The zero-order valence-corrected chi connectivity index (χ0v) is 8.38. The van der Waals surface area contributed by atoms with E-state index < -0.39 is 0 Å². The second kappa shape index (κ2) is 3.79. The third-order valence-electron chi connectivity index (χ3n) is 2.29. The molecule has 0 aliphatic heterocycles. The lowest BCUT2D eigenvalue weighted by Gasteiger charge is -2.01. The lowest BCUT2D eigenvalue weighted by Crippen LogP contribution is -1.99. The van der Waals surface area contributed by atoms with Gasteiger partial charge in [0.25, 0.3) is 0 Å². The van der Waals surface area contributed by atoms with Gasteiger partial charge in [-0.05, 0) is 25.8 Å². The van der Waals surface area contributed by atoms with Crippen LogP contribution < -0.4 is 0 Å². The molecular formula is C12H13N2. The average Bonchev–Trinajstić information content (AvgIpc) is 2.97. The quantitative estimate of drug-likeness (QED) is 0.659. The molecule has 2 nitrogen and oxygen atoms in total. The van der Waals surface area contributed by atoms with E-state index in [0.29, 0.717) is 12.3 Å². The summed E-state index contributed by atoms with van der Waals surface area (Å²) in [5.74, 6) is 7.03. The van der Waals surface area contributed by atoms with Crippen LogP contribution >= 0.6 is 0 Å². The average molecular weight is 185 g/mol. The molecule has 0 spiro atoms. The normalized spacial score (nSPS) is 14.7. The van der Waals surface area contributed by atoms with Crippen molar-refractivity contribution >= 4 is 0 Å². The van der Waals surface area contributed by atoms with Crippen LogP contribution in [0, 0.1) is 25.7 Å². The minimum Gasteiger partial charge on any atom is -0.237 e. The Labute approximate surface area is 84.8 Å². The maximum absolute atomic E-state index is 4.49. The molecule has 0 amide bonds. The lowest BCUT2D eigenvalue weighted by molar-refractivity contribution is 0.896. The van der Waals surface area contributed by atoms with Gasteiger partial charge in [-0.25, -0.2) is 9.97 Å². The van der Waals surface area contributed by atoms with Crippen LogP contribution in [0.1, 0.15) is 36.0 Å². The van der Waals surface area contributed by atoms with E-state index in [0.717, 1.165) is 11.5 Å². The van der Waals surface area contributed by atoms with Crippen LogP contribution in [-0.2, 0) is 6.42 Å². The molecule has 2 rings (SSSR count). The number of hydrogen-bond donors (Lipinski definition) is 0. The molecule has 1 saturated carbocycles. The largest absolute Gasteiger partial charge is 0.237 e. The predicted molar refractivity (Wildman–Crippen MR) is 55.6 cm³/mol. The Morgan fingerprint density at radius 1 is 1.50 bits per heavy atom. The molecule has 0 aromatic carbocycles. The summed E-state index contributed by atoms with van der Waals surface area (Å²) >= 11 is 0. The molecule has 0 atom stereocenters. The number of nitrogens with zero attached hydrogens (tertiary/aromatic N) is 2. The van der Waals surface area contributed by atoms with Crippen LogP contribution in [0.15, 0.2) is 6.07 Å². The van der Waals surface area contributed by atoms with E-state index in [1.165, 1.54) is 18.5 Å². The standard InChI is InChI=1S/C12H13N2/c1-3-4-5-12-13-9(2)8-11(14-12)10-6-7-10/h8,10H,1,5-7H2,2H3. The Kier molecular flexibility index (Phi) is 2.49. The van der Waals surface area contributed by atoms with Gasteiger partial charge >= 0.3 is 0 Å². The molecule has 0 N–H and O–H groups in total. The van der Waals surface area contributed by atoms with Crippen LogP contribution in [0.25, 0.3) is 0 Å². The fourth-order valence-electron chi connectivity index (χ4n) is 1.47. The second-order valence-corrected chi connectivity index (χ2v) is 3.66. The van der Waals surface area contributed by atoms with Gasteiger partial charge in [-0.2, -0.15) is 0 Å². The minimum absolute atomic E-state index is 0.616. The number of hydrogen-bond acceptors (Lipinski definition) is 2. The zero-order valence-electron chi connectivity index (χ0n) is 8.38. The Hall–Kier alpha value is -1.36. The molecule has 1 fully saturated rings. The molecule has 1 radical (unpaired) electrons. The third kappa shape index (κ3) is 2.11. The Balaban J connectivity index is 2.24. The van der Waals surface area contributed by atoms with Crippen molar-refractivity contribution in [3.63, 3.8) is 0 Å². The first-order valence-electron chi connectivity index (χ1n) is 4.89. The van der Waals surface area contributed by atoms with Crippen molar-refractivity contribution in [3.8, 4) is 11.8 Å². The van der Waals surface area contributed by atoms with Crippen LogP contribution in [-0.4, -0.2) is 9.97 Å². The Morgan fingerprint density at radius 2 is 2.29 bits per heavy atom. The first-order valence-corrected chi connectivity index (χ1v) is 4.89. The summed E-state index contributed by atoms with van der Waals surface area (Å²) in [6.45, 7) is 5.49. The van der Waals surface area contributed by atoms with E-state index in [1.807, 2.05) is 6.92 Å². The summed E-state index contributed by atoms with van der Waals surface area (Å²) in [5, 5.41) is 0. The van der Waals surface area contributed by atoms with Crippen molar-refractivity contribution in [1.82, 2.24) is 9.97 Å². The van der Waals surface area contributed by atoms with Crippen LogP contribution in [0.5, 0.6) is 0 Å². The maximum atomic E-state index is 4.49. The Morgan fingerprint density at radius 3 is 2.93 bits per heavy atom. The number of aryl methyl sites for hydroxylation is 1. The van der Waals surface area contributed by atoms with E-state index in [-0.39, 0.29) is 0 Å². The smallest absolute Gasteiger partial charge is 0.140 e. The van der Waals surface area contributed by atoms with E-state index in [4.69, 9.17) is 0 Å². The topological polar surface area (TPSA) is 25.8 Å². The van der Waals surface area contributed by atoms with Crippen LogP contribution in [0.3, 0.4) is 0 Å². The molecule has 0 saturated heterocycles. The SMILES string of the molecule is [CH2]C#CCc1nc(C)cc(C2CC2)n1. The summed E-state index contributed by atoms with van der Waals surface area (Å²) in [6.07, 6.45) is 3.17. The molecular weight excluding hydrogens is 172 g/mol. The van der Waals surface area contributed by atoms with Gasteiger partial charge in [0.05, 0.1) is 6.42 Å². The monoisotopic (exact) mass is 185 g/mol. The molecule has 1 aliphatic carbocycles. The van der Waals surface area contributed by atoms with Crippen LogP contribution in [0.4, 0.5) is 0 Å². The molecule has 1 heterocycles. The molecule has 2 heteroatoms. The van der Waals surface area contributed by atoms with Gasteiger partial charge in [-0.1, -0.05) is 5.92 Å². The molecule has 0 bridgehead atoms. The van der Waals surface area contributed by atoms with Crippen molar-refractivity contribution < 1.29 is 0 Å². The highest BCUT2D eigenvalue weighted by molar-refractivity contribution is 5.20. The summed E-state index contributed by atoms with van der Waals surface area (Å²) in [4.78, 5) is 8.83. The molecule has 1 aliphatic rings. The molecule has 0 unspecified atom stereocenters. The van der Waals surface area contributed by atoms with Gasteiger partial charge in [-0.3, -0.25) is 0 Å². The van der Waals surface area contributed by atoms with Gasteiger partial charge < -0.3 is 0 Å². The van der Waals surface area contributed by atoms with E-state index in [9.17, 15) is 0 Å². The van der Waals surface area contributed by atoms with E-state index in [2.05, 4.69) is 34.8 Å². The first kappa shape index (κ1) is 9.21. The van der Waals surface area contributed by atoms with Gasteiger partial charge in [0.15, 0.2) is 0 Å². The fraction of sp³-hybridized carbons (Fsp3) is 0.417. The van der Waals surface area contributed by atoms with Gasteiger partial charge in [0, 0.05) is 24.2 Å². The van der Waals surface area contributed by atoms with Crippen LogP contribution in [0.2, 0.25) is 0 Å². The maximum Gasteiger partial charge on any atom is 0.140 e. The summed E-state index contributed by atoms with van der Waals surface area (Å²) in [7, 11) is 0. The lowest BCUT2D eigenvalue weighted by atomic mass is 10.2.